The molecule has 0 spiro atoms. The minimum absolute atomic E-state index is 0.00632. The number of amides is 1. The lowest BCUT2D eigenvalue weighted by molar-refractivity contribution is -0.137. The van der Waals surface area contributed by atoms with E-state index in [1.165, 1.54) is 0 Å². The van der Waals surface area contributed by atoms with Crippen LogP contribution in [0.1, 0.15) is 5.56 Å². The normalized spacial score (nSPS) is 12.1. The summed E-state index contributed by atoms with van der Waals surface area (Å²) in [5.41, 5.74) is -0.966. The standard InChI is InChI=1S/C11H9ClF6N2O/c12-7-3-6(11(16,17)18)1-2-8(7)19-4-9(21)20-5-10(13,14)15/h1-3,19H,4-5H2,(H,20,21). The van der Waals surface area contributed by atoms with E-state index in [1.807, 2.05) is 0 Å². The van der Waals surface area contributed by atoms with Crippen molar-refractivity contribution in [1.82, 2.24) is 5.32 Å². The first kappa shape index (κ1) is 17.4. The molecule has 2 N–H and O–H groups in total. The Morgan fingerprint density at radius 3 is 2.24 bits per heavy atom. The second-order valence-electron chi connectivity index (χ2n) is 3.94. The summed E-state index contributed by atoms with van der Waals surface area (Å²) >= 11 is 5.59. The maximum atomic E-state index is 12.4. The van der Waals surface area contributed by atoms with Crippen molar-refractivity contribution in [2.45, 2.75) is 12.4 Å². The van der Waals surface area contributed by atoms with Crippen molar-refractivity contribution < 1.29 is 31.1 Å². The number of hydrogen-bond acceptors (Lipinski definition) is 2. The summed E-state index contributed by atoms with van der Waals surface area (Å²) in [6.45, 7) is -2.05. The van der Waals surface area contributed by atoms with Crippen LogP contribution in [0.3, 0.4) is 0 Å². The summed E-state index contributed by atoms with van der Waals surface area (Å²) in [6, 6.07) is 2.38. The summed E-state index contributed by atoms with van der Waals surface area (Å²) in [7, 11) is 0. The molecule has 0 heterocycles. The van der Waals surface area contributed by atoms with E-state index in [4.69, 9.17) is 11.6 Å². The fraction of sp³-hybridized carbons (Fsp3) is 0.364. The van der Waals surface area contributed by atoms with E-state index in [0.717, 1.165) is 12.1 Å². The Morgan fingerprint density at radius 2 is 1.76 bits per heavy atom. The van der Waals surface area contributed by atoms with Crippen LogP contribution in [0.5, 0.6) is 0 Å². The first-order chi connectivity index (χ1) is 9.49. The van der Waals surface area contributed by atoms with Crippen molar-refractivity contribution in [3.63, 3.8) is 0 Å². The van der Waals surface area contributed by atoms with Gasteiger partial charge in [-0.2, -0.15) is 26.3 Å². The molecule has 0 bridgehead atoms. The zero-order valence-electron chi connectivity index (χ0n) is 10.2. The van der Waals surface area contributed by atoms with Gasteiger partial charge in [-0.1, -0.05) is 11.6 Å². The van der Waals surface area contributed by atoms with Crippen LogP contribution in [0, 0.1) is 0 Å². The van der Waals surface area contributed by atoms with Crippen LogP contribution in [-0.4, -0.2) is 25.2 Å². The molecule has 1 rings (SSSR count). The molecule has 1 aromatic rings. The highest BCUT2D eigenvalue weighted by atomic mass is 35.5. The van der Waals surface area contributed by atoms with Gasteiger partial charge in [0.1, 0.15) is 6.54 Å². The van der Waals surface area contributed by atoms with Crippen molar-refractivity contribution in [3.05, 3.63) is 28.8 Å². The number of halogens is 7. The highest BCUT2D eigenvalue weighted by molar-refractivity contribution is 6.33. The molecule has 0 saturated heterocycles. The van der Waals surface area contributed by atoms with E-state index in [-0.39, 0.29) is 10.7 Å². The zero-order valence-corrected chi connectivity index (χ0v) is 11.0. The molecule has 10 heteroatoms. The van der Waals surface area contributed by atoms with Gasteiger partial charge >= 0.3 is 12.4 Å². The number of nitrogens with one attached hydrogen (secondary N) is 2. The van der Waals surface area contributed by atoms with Crippen LogP contribution in [-0.2, 0) is 11.0 Å². The molecule has 21 heavy (non-hydrogen) atoms. The van der Waals surface area contributed by atoms with Gasteiger partial charge in [-0.25, -0.2) is 0 Å². The fourth-order valence-electron chi connectivity index (χ4n) is 1.27. The maximum Gasteiger partial charge on any atom is 0.416 e. The molecular weight excluding hydrogens is 326 g/mol. The predicted octanol–water partition coefficient (Wildman–Crippen LogP) is 3.45. The van der Waals surface area contributed by atoms with Crippen molar-refractivity contribution in [3.8, 4) is 0 Å². The quantitative estimate of drug-likeness (QED) is 0.828. The molecule has 0 atom stereocenters. The van der Waals surface area contributed by atoms with Crippen LogP contribution in [0.25, 0.3) is 0 Å². The molecule has 0 unspecified atom stereocenters. The van der Waals surface area contributed by atoms with Gasteiger partial charge in [-0.3, -0.25) is 4.79 Å². The lowest BCUT2D eigenvalue weighted by Crippen LogP contribution is -2.37. The number of anilines is 1. The van der Waals surface area contributed by atoms with Crippen molar-refractivity contribution in [1.29, 1.82) is 0 Å². The lowest BCUT2D eigenvalue weighted by Gasteiger charge is -2.12. The van der Waals surface area contributed by atoms with Crippen LogP contribution in [0.15, 0.2) is 18.2 Å². The second-order valence-corrected chi connectivity index (χ2v) is 4.35. The van der Waals surface area contributed by atoms with Gasteiger partial charge in [0.05, 0.1) is 22.8 Å². The number of hydrogen-bond donors (Lipinski definition) is 2. The molecule has 0 radical (unpaired) electrons. The SMILES string of the molecule is O=C(CNc1ccc(C(F)(F)F)cc1Cl)NCC(F)(F)F. The molecule has 0 aliphatic rings. The first-order valence-corrected chi connectivity index (χ1v) is 5.81. The highest BCUT2D eigenvalue weighted by Crippen LogP contribution is 2.33. The third-order valence-corrected chi connectivity index (χ3v) is 2.53. The van der Waals surface area contributed by atoms with E-state index in [1.54, 1.807) is 5.32 Å². The smallest absolute Gasteiger partial charge is 0.375 e. The topological polar surface area (TPSA) is 41.1 Å². The summed E-state index contributed by atoms with van der Waals surface area (Å²) in [5.74, 6) is -0.969. The Labute approximate surface area is 120 Å². The van der Waals surface area contributed by atoms with Gasteiger partial charge in [0.25, 0.3) is 0 Å². The second kappa shape index (κ2) is 6.42. The van der Waals surface area contributed by atoms with Crippen LogP contribution >= 0.6 is 11.6 Å². The molecule has 0 aliphatic carbocycles. The zero-order chi connectivity index (χ0) is 16.3. The van der Waals surface area contributed by atoms with Gasteiger partial charge in [0, 0.05) is 0 Å². The number of alkyl halides is 6. The molecule has 0 saturated carbocycles. The largest absolute Gasteiger partial charge is 0.416 e. The average Bonchev–Trinajstić information content (AvgIpc) is 2.32. The Bertz CT molecular complexity index is 514. The third kappa shape index (κ3) is 6.11. The van der Waals surface area contributed by atoms with Crippen LogP contribution in [0.4, 0.5) is 32.0 Å². The van der Waals surface area contributed by atoms with E-state index < -0.39 is 36.9 Å². The van der Waals surface area contributed by atoms with Crippen molar-refractivity contribution in [2.75, 3.05) is 18.4 Å². The minimum atomic E-state index is -4.56. The fourth-order valence-corrected chi connectivity index (χ4v) is 1.52. The average molecular weight is 335 g/mol. The first-order valence-electron chi connectivity index (χ1n) is 5.43. The summed E-state index contributed by atoms with van der Waals surface area (Å²) in [6.07, 6.45) is -9.10. The van der Waals surface area contributed by atoms with Crippen molar-refractivity contribution in [2.24, 2.45) is 0 Å². The molecule has 3 nitrogen and oxygen atoms in total. The Kier molecular flexibility index (Phi) is 5.32. The Hall–Kier alpha value is -1.64. The number of rotatable bonds is 4. The van der Waals surface area contributed by atoms with E-state index in [9.17, 15) is 31.1 Å². The number of carbonyl (C=O) groups is 1. The van der Waals surface area contributed by atoms with E-state index in [0.29, 0.717) is 6.07 Å². The number of benzene rings is 1. The number of carbonyl (C=O) groups excluding carboxylic acids is 1. The monoisotopic (exact) mass is 334 g/mol. The van der Waals surface area contributed by atoms with Crippen LogP contribution in [0.2, 0.25) is 5.02 Å². The lowest BCUT2D eigenvalue weighted by atomic mass is 10.2. The molecule has 1 aromatic carbocycles. The van der Waals surface area contributed by atoms with E-state index in [2.05, 4.69) is 5.32 Å². The molecule has 0 aromatic heterocycles. The summed E-state index contributed by atoms with van der Waals surface area (Å²) < 4.78 is 72.6. The molecule has 0 fully saturated rings. The third-order valence-electron chi connectivity index (χ3n) is 2.22. The maximum absolute atomic E-state index is 12.4. The molecular formula is C11H9ClF6N2O. The van der Waals surface area contributed by atoms with Gasteiger partial charge in [0.15, 0.2) is 0 Å². The molecule has 118 valence electrons. The molecule has 0 aliphatic heterocycles. The van der Waals surface area contributed by atoms with Gasteiger partial charge in [0.2, 0.25) is 5.91 Å². The molecule has 1 amide bonds. The Morgan fingerprint density at radius 1 is 1.14 bits per heavy atom. The van der Waals surface area contributed by atoms with Crippen molar-refractivity contribution >= 4 is 23.2 Å². The summed E-state index contributed by atoms with van der Waals surface area (Å²) in [5, 5.41) is 3.65. The summed E-state index contributed by atoms with van der Waals surface area (Å²) in [4.78, 5) is 11.1. The van der Waals surface area contributed by atoms with E-state index >= 15 is 0 Å². The van der Waals surface area contributed by atoms with Crippen LogP contribution < -0.4 is 10.6 Å². The van der Waals surface area contributed by atoms with Gasteiger partial charge in [-0.05, 0) is 18.2 Å². The highest BCUT2D eigenvalue weighted by Gasteiger charge is 2.31. The minimum Gasteiger partial charge on any atom is -0.375 e. The Balaban J connectivity index is 2.58. The van der Waals surface area contributed by atoms with Gasteiger partial charge in [-0.15, -0.1) is 0 Å². The predicted molar refractivity (Wildman–Crippen MR) is 64.0 cm³/mol. The van der Waals surface area contributed by atoms with Gasteiger partial charge < -0.3 is 10.6 Å².